The molecule has 1 saturated carbocycles. The molecule has 132 valence electrons. The molecule has 0 spiro atoms. The lowest BCUT2D eigenvalue weighted by Gasteiger charge is -2.15. The van der Waals surface area contributed by atoms with Crippen LogP contribution in [0, 0.1) is 17.3 Å². The summed E-state index contributed by atoms with van der Waals surface area (Å²) in [7, 11) is 0. The molecule has 0 aromatic carbocycles. The molecule has 5 nitrogen and oxygen atoms in total. The smallest absolute Gasteiger partial charge is 0.311 e. The third-order valence-electron chi connectivity index (χ3n) is 5.45. The first kappa shape index (κ1) is 17.4. The van der Waals surface area contributed by atoms with Crippen LogP contribution in [0.2, 0.25) is 0 Å². The van der Waals surface area contributed by atoms with Gasteiger partial charge in [0.15, 0.2) is 6.73 Å². The molecule has 1 heterocycles. The average molecular weight is 341 g/mol. The fraction of sp³-hybridized carbons (Fsp3) is 0.450. The zero-order valence-corrected chi connectivity index (χ0v) is 14.9. The molecule has 0 aromatic rings. The Morgan fingerprint density at radius 1 is 1.28 bits per heavy atom. The van der Waals surface area contributed by atoms with Crippen molar-refractivity contribution in [3.05, 3.63) is 47.6 Å². The van der Waals surface area contributed by atoms with E-state index in [0.29, 0.717) is 24.0 Å². The number of hydrogen-bond acceptors (Lipinski definition) is 4. The quantitative estimate of drug-likeness (QED) is 0.334. The van der Waals surface area contributed by atoms with Gasteiger partial charge in [-0.25, -0.2) is 4.90 Å². The molecule has 1 aliphatic heterocycles. The SMILES string of the molecule is C=CC(C)=CC1C(C(=O)OCN2C(=O)C3=C(CC=CC3)C2=O)C1(C)C. The van der Waals surface area contributed by atoms with Gasteiger partial charge in [0.25, 0.3) is 11.8 Å². The van der Waals surface area contributed by atoms with E-state index in [1.54, 1.807) is 6.08 Å². The van der Waals surface area contributed by atoms with Crippen LogP contribution in [0.5, 0.6) is 0 Å². The van der Waals surface area contributed by atoms with Gasteiger partial charge in [-0.1, -0.05) is 50.3 Å². The minimum atomic E-state index is -0.369. The lowest BCUT2D eigenvalue weighted by molar-refractivity contribution is -0.156. The number of esters is 1. The highest BCUT2D eigenvalue weighted by Gasteiger charge is 2.61. The monoisotopic (exact) mass is 341 g/mol. The van der Waals surface area contributed by atoms with Gasteiger partial charge in [0.05, 0.1) is 5.92 Å². The highest BCUT2D eigenvalue weighted by molar-refractivity contribution is 6.19. The first-order chi connectivity index (χ1) is 11.8. The van der Waals surface area contributed by atoms with Crippen LogP contribution in [0.15, 0.2) is 47.6 Å². The van der Waals surface area contributed by atoms with Crippen molar-refractivity contribution < 1.29 is 19.1 Å². The molecule has 2 unspecified atom stereocenters. The zero-order valence-electron chi connectivity index (χ0n) is 14.9. The third-order valence-corrected chi connectivity index (χ3v) is 5.45. The van der Waals surface area contributed by atoms with E-state index < -0.39 is 0 Å². The number of carbonyl (C=O) groups is 3. The fourth-order valence-electron chi connectivity index (χ4n) is 3.62. The molecule has 1 fully saturated rings. The number of amides is 2. The van der Waals surface area contributed by atoms with Gasteiger partial charge in [0.1, 0.15) is 0 Å². The van der Waals surface area contributed by atoms with Crippen molar-refractivity contribution in [2.45, 2.75) is 33.6 Å². The Kier molecular flexibility index (Phi) is 4.27. The summed E-state index contributed by atoms with van der Waals surface area (Å²) in [6, 6.07) is 0. The molecule has 3 aliphatic rings. The predicted octanol–water partition coefficient (Wildman–Crippen LogP) is 2.91. The van der Waals surface area contributed by atoms with E-state index in [0.717, 1.165) is 10.5 Å². The topological polar surface area (TPSA) is 63.7 Å². The Hall–Kier alpha value is -2.43. The predicted molar refractivity (Wildman–Crippen MR) is 92.9 cm³/mol. The molecule has 5 heteroatoms. The van der Waals surface area contributed by atoms with Crippen LogP contribution in [0.4, 0.5) is 0 Å². The van der Waals surface area contributed by atoms with Gasteiger partial charge in [-0.3, -0.25) is 14.4 Å². The minimum absolute atomic E-state index is 0.0820. The maximum atomic E-state index is 12.4. The van der Waals surface area contributed by atoms with E-state index in [1.807, 2.05) is 39.0 Å². The first-order valence-corrected chi connectivity index (χ1v) is 8.49. The fourth-order valence-corrected chi connectivity index (χ4v) is 3.62. The highest BCUT2D eigenvalue weighted by Crippen LogP contribution is 2.59. The van der Waals surface area contributed by atoms with Crippen LogP contribution in [0.25, 0.3) is 0 Å². The largest absolute Gasteiger partial charge is 0.443 e. The van der Waals surface area contributed by atoms with Crippen molar-refractivity contribution in [3.8, 4) is 0 Å². The average Bonchev–Trinajstić information content (AvgIpc) is 3.04. The van der Waals surface area contributed by atoms with Crippen molar-refractivity contribution in [2.24, 2.45) is 17.3 Å². The van der Waals surface area contributed by atoms with Crippen LogP contribution in [-0.2, 0) is 19.1 Å². The van der Waals surface area contributed by atoms with E-state index in [2.05, 4.69) is 6.58 Å². The normalized spacial score (nSPS) is 27.5. The van der Waals surface area contributed by atoms with Crippen molar-refractivity contribution in [2.75, 3.05) is 6.73 Å². The number of ether oxygens (including phenoxy) is 1. The number of carbonyl (C=O) groups excluding carboxylic acids is 3. The second-order valence-corrected chi connectivity index (χ2v) is 7.41. The van der Waals surface area contributed by atoms with E-state index in [1.165, 1.54) is 0 Å². The number of imide groups is 1. The molecule has 0 N–H and O–H groups in total. The van der Waals surface area contributed by atoms with Gasteiger partial charge >= 0.3 is 5.97 Å². The Balaban J connectivity index is 1.61. The second-order valence-electron chi connectivity index (χ2n) is 7.41. The summed E-state index contributed by atoms with van der Waals surface area (Å²) < 4.78 is 5.32. The molecule has 0 aromatic heterocycles. The van der Waals surface area contributed by atoms with E-state index in [9.17, 15) is 14.4 Å². The molecule has 3 rings (SSSR count). The molecular weight excluding hydrogens is 318 g/mol. The molecule has 2 amide bonds. The Morgan fingerprint density at radius 3 is 2.36 bits per heavy atom. The minimum Gasteiger partial charge on any atom is -0.443 e. The van der Waals surface area contributed by atoms with Gasteiger partial charge in [-0.2, -0.15) is 0 Å². The number of nitrogens with zero attached hydrogens (tertiary/aromatic N) is 1. The van der Waals surface area contributed by atoms with Crippen LogP contribution in [-0.4, -0.2) is 29.4 Å². The molecule has 2 atom stereocenters. The summed E-state index contributed by atoms with van der Waals surface area (Å²) in [6.07, 6.45) is 8.47. The first-order valence-electron chi connectivity index (χ1n) is 8.49. The van der Waals surface area contributed by atoms with Crippen molar-refractivity contribution in [1.29, 1.82) is 0 Å². The summed E-state index contributed by atoms with van der Waals surface area (Å²) in [4.78, 5) is 38.1. The Morgan fingerprint density at radius 2 is 1.84 bits per heavy atom. The van der Waals surface area contributed by atoms with Gasteiger partial charge in [0, 0.05) is 11.1 Å². The van der Waals surface area contributed by atoms with Crippen LogP contribution in [0.1, 0.15) is 33.6 Å². The van der Waals surface area contributed by atoms with Crippen molar-refractivity contribution in [1.82, 2.24) is 4.90 Å². The summed E-state index contributed by atoms with van der Waals surface area (Å²) in [6.45, 7) is 9.37. The number of rotatable bonds is 5. The lowest BCUT2D eigenvalue weighted by Crippen LogP contribution is -2.35. The molecule has 0 bridgehead atoms. The highest BCUT2D eigenvalue weighted by atomic mass is 16.5. The number of allylic oxidation sites excluding steroid dienone is 5. The summed E-state index contributed by atoms with van der Waals surface area (Å²) >= 11 is 0. The van der Waals surface area contributed by atoms with Crippen LogP contribution >= 0.6 is 0 Å². The number of hydrogen-bond donors (Lipinski definition) is 0. The molecular formula is C20H23NO4. The zero-order chi connectivity index (χ0) is 18.4. The maximum Gasteiger partial charge on any atom is 0.311 e. The second kappa shape index (κ2) is 6.14. The van der Waals surface area contributed by atoms with Gasteiger partial charge in [-0.05, 0) is 31.1 Å². The third kappa shape index (κ3) is 2.88. The lowest BCUT2D eigenvalue weighted by atomic mass is 9.99. The van der Waals surface area contributed by atoms with Gasteiger partial charge < -0.3 is 4.74 Å². The summed E-state index contributed by atoms with van der Waals surface area (Å²) in [5.41, 5.74) is 1.88. The van der Waals surface area contributed by atoms with Crippen LogP contribution in [0.3, 0.4) is 0 Å². The molecule has 0 radical (unpaired) electrons. The van der Waals surface area contributed by atoms with Gasteiger partial charge in [0.2, 0.25) is 0 Å². The molecule has 0 saturated heterocycles. The Bertz CT molecular complexity index is 724. The molecule has 25 heavy (non-hydrogen) atoms. The van der Waals surface area contributed by atoms with Crippen molar-refractivity contribution >= 4 is 17.8 Å². The molecule has 2 aliphatic carbocycles. The standard InChI is InChI=1S/C20H23NO4/c1-5-12(2)10-15-16(20(15,3)4)19(24)25-11-21-17(22)13-8-6-7-9-14(13)18(21)23/h5-7,10,15-16H,1,8-9,11H2,2-4H3. The van der Waals surface area contributed by atoms with E-state index in [4.69, 9.17) is 4.74 Å². The maximum absolute atomic E-state index is 12.4. The van der Waals surface area contributed by atoms with E-state index in [-0.39, 0.29) is 41.8 Å². The summed E-state index contributed by atoms with van der Waals surface area (Å²) in [5.74, 6) is -1.23. The van der Waals surface area contributed by atoms with Crippen molar-refractivity contribution in [3.63, 3.8) is 0 Å². The van der Waals surface area contributed by atoms with E-state index >= 15 is 0 Å². The van der Waals surface area contributed by atoms with Crippen LogP contribution < -0.4 is 0 Å². The Labute approximate surface area is 147 Å². The summed E-state index contributed by atoms with van der Waals surface area (Å²) in [5, 5.41) is 0. The van der Waals surface area contributed by atoms with Gasteiger partial charge in [-0.15, -0.1) is 0 Å².